The van der Waals surface area contributed by atoms with Crippen molar-refractivity contribution in [1.29, 1.82) is 0 Å². The monoisotopic (exact) mass is 411 g/mol. The molecule has 156 valence electrons. The van der Waals surface area contributed by atoms with E-state index in [1.807, 2.05) is 20.8 Å². The van der Waals surface area contributed by atoms with Crippen molar-refractivity contribution in [2.45, 2.75) is 66.0 Å². The summed E-state index contributed by atoms with van der Waals surface area (Å²) in [6.45, 7) is 9.95. The Morgan fingerprint density at radius 2 is 1.75 bits per heavy atom. The van der Waals surface area contributed by atoms with E-state index in [4.69, 9.17) is 11.6 Å². The van der Waals surface area contributed by atoms with E-state index < -0.39 is 16.9 Å². The molecule has 8 heteroatoms. The van der Waals surface area contributed by atoms with Gasteiger partial charge in [0.15, 0.2) is 0 Å². The molecule has 2 amide bonds. The van der Waals surface area contributed by atoms with Gasteiger partial charge in [-0.2, -0.15) is 0 Å². The van der Waals surface area contributed by atoms with Gasteiger partial charge in [-0.1, -0.05) is 52.1 Å². The molecule has 0 radical (unpaired) electrons. The maximum absolute atomic E-state index is 12.6. The van der Waals surface area contributed by atoms with Gasteiger partial charge in [-0.25, -0.2) is 0 Å². The summed E-state index contributed by atoms with van der Waals surface area (Å²) < 4.78 is 0. The van der Waals surface area contributed by atoms with Gasteiger partial charge in [0.1, 0.15) is 6.04 Å². The fourth-order valence-electron chi connectivity index (χ4n) is 2.79. The molecule has 1 aromatic carbocycles. The SMILES string of the molecule is CC(C)CCCC(C)NC(=O)C(NC(=O)c1ccc([N+](=O)[O-])cc1Cl)C(C)C. The standard InChI is InChI=1S/C20H30ClN3O4/c1-12(2)7-6-8-14(5)22-20(26)18(13(3)4)23-19(25)16-10-9-15(24(27)28)11-17(16)21/h9-14,18H,6-8H2,1-5H3,(H,22,26)(H,23,25). The first-order chi connectivity index (χ1) is 13.0. The van der Waals surface area contributed by atoms with Gasteiger partial charge < -0.3 is 10.6 Å². The van der Waals surface area contributed by atoms with Crippen molar-refractivity contribution in [3.63, 3.8) is 0 Å². The summed E-state index contributed by atoms with van der Waals surface area (Å²) in [5, 5.41) is 16.4. The fraction of sp³-hybridized carbons (Fsp3) is 0.600. The minimum atomic E-state index is -0.730. The number of hydrogen-bond acceptors (Lipinski definition) is 4. The molecule has 0 saturated heterocycles. The van der Waals surface area contributed by atoms with Crippen LogP contribution in [-0.2, 0) is 4.79 Å². The Morgan fingerprint density at radius 3 is 2.25 bits per heavy atom. The smallest absolute Gasteiger partial charge is 0.270 e. The number of nitro groups is 1. The van der Waals surface area contributed by atoms with Crippen LogP contribution in [0, 0.1) is 22.0 Å². The number of nitro benzene ring substituents is 1. The lowest BCUT2D eigenvalue weighted by molar-refractivity contribution is -0.384. The van der Waals surface area contributed by atoms with Crippen LogP contribution in [-0.4, -0.2) is 28.8 Å². The molecule has 0 heterocycles. The topological polar surface area (TPSA) is 101 Å². The number of non-ortho nitro benzene ring substituents is 1. The quantitative estimate of drug-likeness (QED) is 0.441. The second-order valence-corrected chi connectivity index (χ2v) is 8.26. The van der Waals surface area contributed by atoms with Crippen molar-refractivity contribution < 1.29 is 14.5 Å². The number of hydrogen-bond donors (Lipinski definition) is 2. The third-order valence-corrected chi connectivity index (χ3v) is 4.76. The van der Waals surface area contributed by atoms with Gasteiger partial charge in [-0.15, -0.1) is 0 Å². The average Bonchev–Trinajstić information content (AvgIpc) is 2.58. The molecule has 0 aliphatic carbocycles. The van der Waals surface area contributed by atoms with Gasteiger partial charge >= 0.3 is 0 Å². The lowest BCUT2D eigenvalue weighted by Crippen LogP contribution is -2.51. The van der Waals surface area contributed by atoms with Crippen LogP contribution in [0.4, 0.5) is 5.69 Å². The molecule has 0 bridgehead atoms. The van der Waals surface area contributed by atoms with Crippen LogP contribution in [0.1, 0.15) is 64.2 Å². The molecule has 7 nitrogen and oxygen atoms in total. The highest BCUT2D eigenvalue weighted by atomic mass is 35.5. The van der Waals surface area contributed by atoms with E-state index in [1.165, 1.54) is 12.1 Å². The minimum Gasteiger partial charge on any atom is -0.352 e. The zero-order valence-corrected chi connectivity index (χ0v) is 17.9. The largest absolute Gasteiger partial charge is 0.352 e. The normalized spacial score (nSPS) is 13.3. The van der Waals surface area contributed by atoms with Crippen LogP contribution >= 0.6 is 11.6 Å². The number of halogens is 1. The highest BCUT2D eigenvalue weighted by Gasteiger charge is 2.26. The van der Waals surface area contributed by atoms with Gasteiger partial charge in [-0.05, 0) is 31.2 Å². The van der Waals surface area contributed by atoms with E-state index in [2.05, 4.69) is 24.5 Å². The molecule has 0 aliphatic rings. The first-order valence-electron chi connectivity index (χ1n) is 9.58. The van der Waals surface area contributed by atoms with Gasteiger partial charge in [0.25, 0.3) is 11.6 Å². The molecule has 2 unspecified atom stereocenters. The fourth-order valence-corrected chi connectivity index (χ4v) is 3.05. The second kappa shape index (κ2) is 11.0. The first-order valence-corrected chi connectivity index (χ1v) is 9.95. The second-order valence-electron chi connectivity index (χ2n) is 7.85. The zero-order valence-electron chi connectivity index (χ0n) is 17.1. The average molecular weight is 412 g/mol. The molecule has 2 N–H and O–H groups in total. The van der Waals surface area contributed by atoms with Crippen molar-refractivity contribution in [1.82, 2.24) is 10.6 Å². The lowest BCUT2D eigenvalue weighted by atomic mass is 10.0. The summed E-state index contributed by atoms with van der Waals surface area (Å²) in [5.41, 5.74) is -0.106. The van der Waals surface area contributed by atoms with Gasteiger partial charge in [0, 0.05) is 18.2 Å². The van der Waals surface area contributed by atoms with E-state index in [9.17, 15) is 19.7 Å². The van der Waals surface area contributed by atoms with E-state index >= 15 is 0 Å². The third-order valence-electron chi connectivity index (χ3n) is 4.45. The van der Waals surface area contributed by atoms with Crippen LogP contribution in [0.3, 0.4) is 0 Å². The zero-order chi connectivity index (χ0) is 21.4. The van der Waals surface area contributed by atoms with E-state index in [1.54, 1.807) is 0 Å². The van der Waals surface area contributed by atoms with Gasteiger partial charge in [0.05, 0.1) is 15.5 Å². The van der Waals surface area contributed by atoms with Crippen molar-refractivity contribution >= 4 is 29.1 Å². The number of carbonyl (C=O) groups excluding carboxylic acids is 2. The van der Waals surface area contributed by atoms with Crippen LogP contribution in [0.5, 0.6) is 0 Å². The maximum atomic E-state index is 12.6. The Balaban J connectivity index is 2.77. The summed E-state index contributed by atoms with van der Waals surface area (Å²) in [6, 6.07) is 2.90. The molecule has 0 aliphatic heterocycles. The van der Waals surface area contributed by atoms with E-state index in [0.717, 1.165) is 25.3 Å². The van der Waals surface area contributed by atoms with Crippen LogP contribution in [0.2, 0.25) is 5.02 Å². The molecule has 1 aromatic rings. The summed E-state index contributed by atoms with van der Waals surface area (Å²) >= 11 is 6.01. The minimum absolute atomic E-state index is 0.00682. The number of nitrogens with zero attached hydrogens (tertiary/aromatic N) is 1. The molecule has 28 heavy (non-hydrogen) atoms. The Morgan fingerprint density at radius 1 is 1.11 bits per heavy atom. The maximum Gasteiger partial charge on any atom is 0.270 e. The van der Waals surface area contributed by atoms with Crippen molar-refractivity contribution in [3.8, 4) is 0 Å². The molecule has 1 rings (SSSR count). The number of benzene rings is 1. The predicted molar refractivity (Wildman–Crippen MR) is 110 cm³/mol. The number of rotatable bonds is 10. The summed E-state index contributed by atoms with van der Waals surface area (Å²) in [7, 11) is 0. The highest BCUT2D eigenvalue weighted by molar-refractivity contribution is 6.34. The Kier molecular flexibility index (Phi) is 9.38. The molecular formula is C20H30ClN3O4. The first kappa shape index (κ1) is 23.9. The summed E-state index contributed by atoms with van der Waals surface area (Å²) in [4.78, 5) is 35.4. The number of nitrogens with one attached hydrogen (secondary N) is 2. The Bertz CT molecular complexity index is 707. The molecule has 0 fully saturated rings. The van der Waals surface area contributed by atoms with Crippen LogP contribution in [0.25, 0.3) is 0 Å². The molecule has 0 saturated carbocycles. The van der Waals surface area contributed by atoms with Gasteiger partial charge in [-0.3, -0.25) is 19.7 Å². The third kappa shape index (κ3) is 7.46. The van der Waals surface area contributed by atoms with Crippen molar-refractivity contribution in [3.05, 3.63) is 38.9 Å². The summed E-state index contributed by atoms with van der Waals surface area (Å²) in [6.07, 6.45) is 3.00. The van der Waals surface area contributed by atoms with Crippen LogP contribution in [0.15, 0.2) is 18.2 Å². The molecular weight excluding hydrogens is 382 g/mol. The summed E-state index contributed by atoms with van der Waals surface area (Å²) in [5.74, 6) is -0.305. The predicted octanol–water partition coefficient (Wildman–Crippen LogP) is 4.33. The Labute approximate surface area is 171 Å². The lowest BCUT2D eigenvalue weighted by Gasteiger charge is -2.24. The molecule has 0 aromatic heterocycles. The van der Waals surface area contributed by atoms with Gasteiger partial charge in [0.2, 0.25) is 5.91 Å². The molecule has 0 spiro atoms. The van der Waals surface area contributed by atoms with E-state index in [-0.39, 0.29) is 34.1 Å². The van der Waals surface area contributed by atoms with Crippen molar-refractivity contribution in [2.75, 3.05) is 0 Å². The highest BCUT2D eigenvalue weighted by Crippen LogP contribution is 2.22. The number of amides is 2. The Hall–Kier alpha value is -2.15. The van der Waals surface area contributed by atoms with Crippen molar-refractivity contribution in [2.24, 2.45) is 11.8 Å². The number of carbonyl (C=O) groups is 2. The van der Waals surface area contributed by atoms with E-state index in [0.29, 0.717) is 5.92 Å². The molecule has 2 atom stereocenters. The van der Waals surface area contributed by atoms with Crippen LogP contribution < -0.4 is 10.6 Å².